The number of aromatic amines is 1. The monoisotopic (exact) mass is 296 g/mol. The maximum Gasteiger partial charge on any atom is 0.138 e. The van der Waals surface area contributed by atoms with Crippen LogP contribution in [0.2, 0.25) is 0 Å². The highest BCUT2D eigenvalue weighted by molar-refractivity contribution is 9.10. The van der Waals surface area contributed by atoms with Crippen LogP contribution in [0.25, 0.3) is 11.0 Å². The predicted octanol–water partition coefficient (Wildman–Crippen LogP) is 1.50. The van der Waals surface area contributed by atoms with Crippen molar-refractivity contribution in [2.75, 3.05) is 0 Å². The molecular weight excluding hydrogens is 291 g/mol. The molecule has 86 valence electrons. The van der Waals surface area contributed by atoms with Crippen molar-refractivity contribution in [3.63, 3.8) is 0 Å². The van der Waals surface area contributed by atoms with Gasteiger partial charge in [0.15, 0.2) is 0 Å². The Morgan fingerprint density at radius 1 is 1.41 bits per heavy atom. The molecule has 0 aliphatic rings. The number of nitrogens with one attached hydrogen (secondary N) is 1. The van der Waals surface area contributed by atoms with Crippen molar-refractivity contribution < 1.29 is 4.39 Å². The summed E-state index contributed by atoms with van der Waals surface area (Å²) in [6.07, 6.45) is 1.49. The van der Waals surface area contributed by atoms with Crippen LogP contribution in [-0.4, -0.2) is 30.2 Å². The quantitative estimate of drug-likeness (QED) is 0.778. The number of benzene rings is 1. The van der Waals surface area contributed by atoms with Crippen LogP contribution in [0.1, 0.15) is 5.82 Å². The fourth-order valence-electron chi connectivity index (χ4n) is 1.57. The van der Waals surface area contributed by atoms with Gasteiger partial charge in [-0.15, -0.1) is 5.10 Å². The standard InChI is InChI=1S/C9H6BrFN6/c10-6-1-5(11)2-7-9(6)14-8(13-7)3-17-4-12-15-16-17/h1-2,4H,3H2,(H,13,14). The van der Waals surface area contributed by atoms with Crippen LogP contribution in [0.3, 0.4) is 0 Å². The van der Waals surface area contributed by atoms with Crippen molar-refractivity contribution in [2.24, 2.45) is 0 Å². The summed E-state index contributed by atoms with van der Waals surface area (Å²) in [5.41, 5.74) is 1.33. The molecule has 2 heterocycles. The van der Waals surface area contributed by atoms with E-state index in [1.165, 1.54) is 23.1 Å². The molecule has 0 aliphatic carbocycles. The van der Waals surface area contributed by atoms with Crippen LogP contribution in [0, 0.1) is 5.82 Å². The van der Waals surface area contributed by atoms with Crippen LogP contribution in [0.5, 0.6) is 0 Å². The molecule has 0 saturated carbocycles. The third kappa shape index (κ3) is 1.91. The lowest BCUT2D eigenvalue weighted by Crippen LogP contribution is -2.01. The molecule has 3 rings (SSSR count). The minimum Gasteiger partial charge on any atom is -0.340 e. The predicted molar refractivity (Wildman–Crippen MR) is 60.7 cm³/mol. The highest BCUT2D eigenvalue weighted by atomic mass is 79.9. The Morgan fingerprint density at radius 3 is 3.06 bits per heavy atom. The molecule has 0 aliphatic heterocycles. The summed E-state index contributed by atoms with van der Waals surface area (Å²) in [7, 11) is 0. The van der Waals surface area contributed by atoms with Gasteiger partial charge in [-0.3, -0.25) is 0 Å². The van der Waals surface area contributed by atoms with Crippen molar-refractivity contribution >= 4 is 27.0 Å². The van der Waals surface area contributed by atoms with Crippen LogP contribution in [0.15, 0.2) is 22.9 Å². The smallest absolute Gasteiger partial charge is 0.138 e. The summed E-state index contributed by atoms with van der Waals surface area (Å²) >= 11 is 3.27. The maximum atomic E-state index is 13.2. The van der Waals surface area contributed by atoms with Crippen molar-refractivity contribution in [1.82, 2.24) is 30.2 Å². The summed E-state index contributed by atoms with van der Waals surface area (Å²) in [6, 6.07) is 2.78. The Morgan fingerprint density at radius 2 is 2.29 bits per heavy atom. The topological polar surface area (TPSA) is 72.3 Å². The Balaban J connectivity index is 2.05. The Labute approximate surface area is 103 Å². The van der Waals surface area contributed by atoms with Gasteiger partial charge in [-0.25, -0.2) is 14.1 Å². The summed E-state index contributed by atoms with van der Waals surface area (Å²) in [4.78, 5) is 7.36. The molecular formula is C9H6BrFN6. The molecule has 0 spiro atoms. The zero-order valence-electron chi connectivity index (χ0n) is 8.43. The summed E-state index contributed by atoms with van der Waals surface area (Å²) < 4.78 is 15.3. The zero-order valence-corrected chi connectivity index (χ0v) is 10.0. The fourth-order valence-corrected chi connectivity index (χ4v) is 2.10. The molecule has 0 atom stereocenters. The minimum absolute atomic E-state index is 0.318. The molecule has 1 aromatic carbocycles. The number of aromatic nitrogens is 6. The first-order chi connectivity index (χ1) is 8.22. The lowest BCUT2D eigenvalue weighted by Gasteiger charge is -1.92. The highest BCUT2D eigenvalue weighted by Crippen LogP contribution is 2.23. The molecule has 0 radical (unpaired) electrons. The van der Waals surface area contributed by atoms with E-state index in [2.05, 4.69) is 41.4 Å². The molecule has 0 fully saturated rings. The number of fused-ring (bicyclic) bond motifs is 1. The number of rotatable bonds is 2. The van der Waals surface area contributed by atoms with E-state index in [0.29, 0.717) is 27.9 Å². The van der Waals surface area contributed by atoms with Gasteiger partial charge in [-0.05, 0) is 38.5 Å². The highest BCUT2D eigenvalue weighted by Gasteiger charge is 2.08. The molecule has 2 aromatic heterocycles. The second-order valence-corrected chi connectivity index (χ2v) is 4.33. The van der Waals surface area contributed by atoms with Gasteiger partial charge in [-0.2, -0.15) is 0 Å². The van der Waals surface area contributed by atoms with Crippen molar-refractivity contribution in [3.05, 3.63) is 34.6 Å². The lowest BCUT2D eigenvalue weighted by molar-refractivity contribution is 0.627. The summed E-state index contributed by atoms with van der Waals surface area (Å²) in [5, 5.41) is 10.8. The number of hydrogen-bond donors (Lipinski definition) is 1. The maximum absolute atomic E-state index is 13.2. The molecule has 8 heteroatoms. The zero-order chi connectivity index (χ0) is 11.8. The molecule has 3 aromatic rings. The molecule has 0 unspecified atom stereocenters. The van der Waals surface area contributed by atoms with Gasteiger partial charge in [0.25, 0.3) is 0 Å². The van der Waals surface area contributed by atoms with Gasteiger partial charge >= 0.3 is 0 Å². The molecule has 0 saturated heterocycles. The van der Waals surface area contributed by atoms with E-state index in [9.17, 15) is 4.39 Å². The molecule has 0 bridgehead atoms. The number of nitrogens with zero attached hydrogens (tertiary/aromatic N) is 5. The number of tetrazole rings is 1. The summed E-state index contributed by atoms with van der Waals surface area (Å²) in [5.74, 6) is 0.348. The lowest BCUT2D eigenvalue weighted by atomic mass is 10.3. The largest absolute Gasteiger partial charge is 0.340 e. The number of imidazole rings is 1. The first-order valence-corrected chi connectivity index (χ1v) is 5.56. The van der Waals surface area contributed by atoms with E-state index in [1.54, 1.807) is 0 Å². The third-order valence-electron chi connectivity index (χ3n) is 2.26. The first-order valence-electron chi connectivity index (χ1n) is 4.77. The van der Waals surface area contributed by atoms with Gasteiger partial charge < -0.3 is 4.98 Å². The van der Waals surface area contributed by atoms with Crippen LogP contribution in [0.4, 0.5) is 4.39 Å². The molecule has 17 heavy (non-hydrogen) atoms. The van der Waals surface area contributed by atoms with Gasteiger partial charge in [0.05, 0.1) is 5.52 Å². The molecule has 1 N–H and O–H groups in total. The molecule has 0 amide bonds. The van der Waals surface area contributed by atoms with Crippen molar-refractivity contribution in [1.29, 1.82) is 0 Å². The SMILES string of the molecule is Fc1cc(Br)c2nc(Cn3cnnn3)[nH]c2c1. The van der Waals surface area contributed by atoms with Gasteiger partial charge in [0.1, 0.15) is 30.0 Å². The average Bonchev–Trinajstić information content (AvgIpc) is 2.87. The van der Waals surface area contributed by atoms with E-state index < -0.39 is 0 Å². The average molecular weight is 297 g/mol. The van der Waals surface area contributed by atoms with E-state index in [1.807, 2.05) is 0 Å². The van der Waals surface area contributed by atoms with E-state index >= 15 is 0 Å². The van der Waals surface area contributed by atoms with E-state index in [0.717, 1.165) is 0 Å². The second kappa shape index (κ2) is 3.88. The fraction of sp³-hybridized carbons (Fsp3) is 0.111. The van der Waals surface area contributed by atoms with E-state index in [4.69, 9.17) is 0 Å². The van der Waals surface area contributed by atoms with Crippen molar-refractivity contribution in [3.8, 4) is 0 Å². The van der Waals surface area contributed by atoms with Crippen LogP contribution in [-0.2, 0) is 6.54 Å². The van der Waals surface area contributed by atoms with Gasteiger partial charge in [0.2, 0.25) is 0 Å². The summed E-state index contributed by atoms with van der Waals surface area (Å²) in [6.45, 7) is 0.412. The number of hydrogen-bond acceptors (Lipinski definition) is 4. The van der Waals surface area contributed by atoms with Crippen molar-refractivity contribution in [2.45, 2.75) is 6.54 Å². The van der Waals surface area contributed by atoms with Gasteiger partial charge in [-0.1, -0.05) is 0 Å². The number of H-pyrrole nitrogens is 1. The normalized spacial score (nSPS) is 11.2. The Kier molecular flexibility index (Phi) is 2.36. The Bertz CT molecular complexity index is 661. The molecule has 6 nitrogen and oxygen atoms in total. The van der Waals surface area contributed by atoms with Crippen LogP contribution < -0.4 is 0 Å². The third-order valence-corrected chi connectivity index (χ3v) is 2.86. The van der Waals surface area contributed by atoms with E-state index in [-0.39, 0.29) is 5.82 Å². The number of halogens is 2. The van der Waals surface area contributed by atoms with Crippen LogP contribution >= 0.6 is 15.9 Å². The Hall–Kier alpha value is -1.83. The minimum atomic E-state index is -0.318. The first kappa shape index (κ1) is 10.3. The van der Waals surface area contributed by atoms with Gasteiger partial charge in [0, 0.05) is 4.47 Å². The second-order valence-electron chi connectivity index (χ2n) is 3.47.